The van der Waals surface area contributed by atoms with E-state index in [9.17, 15) is 9.59 Å². The Bertz CT molecular complexity index is 329. The highest BCUT2D eigenvalue weighted by molar-refractivity contribution is 6.03. The number of carbonyl (C=O) groups excluding carboxylic acids is 2. The Morgan fingerprint density at radius 1 is 1.12 bits per heavy atom. The number of carbonyl (C=O) groups is 2. The van der Waals surface area contributed by atoms with Crippen molar-refractivity contribution in [3.05, 3.63) is 0 Å². The van der Waals surface area contributed by atoms with Crippen LogP contribution in [0.2, 0.25) is 0 Å². The van der Waals surface area contributed by atoms with Gasteiger partial charge in [0.2, 0.25) is 11.8 Å². The second-order valence-corrected chi connectivity index (χ2v) is 5.27. The summed E-state index contributed by atoms with van der Waals surface area (Å²) in [6, 6.07) is 0.565. The molecule has 4 nitrogen and oxygen atoms in total. The molecule has 0 radical (unpaired) electrons. The number of piperidine rings is 1. The molecule has 4 heteroatoms. The van der Waals surface area contributed by atoms with Gasteiger partial charge in [0.1, 0.15) is 0 Å². The number of rotatable bonds is 1. The quantitative estimate of drug-likeness (QED) is 0.658. The van der Waals surface area contributed by atoms with E-state index in [-0.39, 0.29) is 17.7 Å². The number of fused-ring (bicyclic) bond motifs is 1. The first kappa shape index (κ1) is 10.3. The van der Waals surface area contributed by atoms with Crippen molar-refractivity contribution in [3.63, 3.8) is 0 Å². The Kier molecular flexibility index (Phi) is 2.46. The molecule has 0 bridgehead atoms. The molecule has 3 heterocycles. The molecule has 3 rings (SSSR count). The lowest BCUT2D eigenvalue weighted by Crippen LogP contribution is -2.40. The van der Waals surface area contributed by atoms with E-state index in [1.165, 1.54) is 25.8 Å². The first-order valence-corrected chi connectivity index (χ1v) is 6.33. The fourth-order valence-corrected chi connectivity index (χ4v) is 3.68. The highest BCUT2D eigenvalue weighted by Gasteiger charge is 2.45. The van der Waals surface area contributed by atoms with Gasteiger partial charge in [-0.1, -0.05) is 6.42 Å². The Hall–Kier alpha value is -0.900. The zero-order valence-electron chi connectivity index (χ0n) is 9.45. The number of amides is 2. The summed E-state index contributed by atoms with van der Waals surface area (Å²) in [6.07, 6.45) is 5.30. The van der Waals surface area contributed by atoms with Gasteiger partial charge in [-0.2, -0.15) is 0 Å². The summed E-state index contributed by atoms with van der Waals surface area (Å²) < 4.78 is 0. The van der Waals surface area contributed by atoms with Crippen molar-refractivity contribution in [2.75, 3.05) is 13.1 Å². The Balaban J connectivity index is 1.75. The summed E-state index contributed by atoms with van der Waals surface area (Å²) >= 11 is 0. The minimum absolute atomic E-state index is 0.0255. The van der Waals surface area contributed by atoms with Gasteiger partial charge in [0, 0.05) is 12.5 Å². The van der Waals surface area contributed by atoms with Crippen LogP contribution in [0.25, 0.3) is 0 Å². The van der Waals surface area contributed by atoms with Crippen LogP contribution in [0.15, 0.2) is 0 Å². The highest BCUT2D eigenvalue weighted by atomic mass is 16.2. The average Bonchev–Trinajstić information content (AvgIpc) is 2.81. The van der Waals surface area contributed by atoms with Gasteiger partial charge in [0.05, 0.1) is 5.92 Å². The molecule has 0 aromatic rings. The maximum atomic E-state index is 11.7. The molecular weight excluding hydrogens is 204 g/mol. The average molecular weight is 222 g/mol. The van der Waals surface area contributed by atoms with Crippen LogP contribution >= 0.6 is 0 Å². The van der Waals surface area contributed by atoms with E-state index in [1.54, 1.807) is 0 Å². The summed E-state index contributed by atoms with van der Waals surface area (Å²) in [5.74, 6) is 0.277. The van der Waals surface area contributed by atoms with Crippen molar-refractivity contribution >= 4 is 11.8 Å². The molecule has 16 heavy (non-hydrogen) atoms. The van der Waals surface area contributed by atoms with E-state index in [2.05, 4.69) is 10.2 Å². The van der Waals surface area contributed by atoms with E-state index in [0.717, 1.165) is 13.0 Å². The molecule has 3 atom stereocenters. The van der Waals surface area contributed by atoms with Crippen LogP contribution in [0.5, 0.6) is 0 Å². The normalized spacial score (nSPS) is 39.9. The second-order valence-electron chi connectivity index (χ2n) is 5.27. The summed E-state index contributed by atoms with van der Waals surface area (Å²) in [4.78, 5) is 25.4. The fourth-order valence-electron chi connectivity index (χ4n) is 3.68. The number of nitrogens with one attached hydrogen (secondary N) is 1. The molecule has 3 unspecified atom stereocenters. The lowest BCUT2D eigenvalue weighted by atomic mass is 9.82. The van der Waals surface area contributed by atoms with E-state index in [0.29, 0.717) is 18.4 Å². The number of imide groups is 1. The molecule has 0 aromatic carbocycles. The van der Waals surface area contributed by atoms with Gasteiger partial charge in [-0.25, -0.2) is 0 Å². The van der Waals surface area contributed by atoms with Gasteiger partial charge in [-0.05, 0) is 38.3 Å². The highest BCUT2D eigenvalue weighted by Crippen LogP contribution is 2.38. The Morgan fingerprint density at radius 2 is 2.00 bits per heavy atom. The zero-order valence-corrected chi connectivity index (χ0v) is 9.45. The van der Waals surface area contributed by atoms with Crippen LogP contribution in [0.4, 0.5) is 0 Å². The molecule has 2 amide bonds. The van der Waals surface area contributed by atoms with Gasteiger partial charge in [-0.15, -0.1) is 0 Å². The largest absolute Gasteiger partial charge is 0.300 e. The maximum absolute atomic E-state index is 11.7. The van der Waals surface area contributed by atoms with E-state index < -0.39 is 0 Å². The third-order valence-electron chi connectivity index (χ3n) is 4.43. The number of nitrogens with zero attached hydrogens (tertiary/aromatic N) is 1. The molecule has 0 aliphatic carbocycles. The first-order chi connectivity index (χ1) is 7.75. The smallest absolute Gasteiger partial charge is 0.230 e. The third kappa shape index (κ3) is 1.56. The molecular formula is C12H18N2O2. The molecule has 88 valence electrons. The number of hydrogen-bond donors (Lipinski definition) is 1. The van der Waals surface area contributed by atoms with Gasteiger partial charge >= 0.3 is 0 Å². The predicted octanol–water partition coefficient (Wildman–Crippen LogP) is 0.523. The van der Waals surface area contributed by atoms with Crippen molar-refractivity contribution in [1.82, 2.24) is 10.2 Å². The Morgan fingerprint density at radius 3 is 2.75 bits per heavy atom. The van der Waals surface area contributed by atoms with E-state index in [4.69, 9.17) is 0 Å². The summed E-state index contributed by atoms with van der Waals surface area (Å²) in [6.45, 7) is 2.30. The second kappa shape index (κ2) is 3.84. The summed E-state index contributed by atoms with van der Waals surface area (Å²) in [5.41, 5.74) is 0. The molecule has 1 N–H and O–H groups in total. The van der Waals surface area contributed by atoms with Crippen molar-refractivity contribution < 1.29 is 9.59 Å². The van der Waals surface area contributed by atoms with E-state index in [1.807, 2.05) is 0 Å². The number of hydrogen-bond acceptors (Lipinski definition) is 3. The van der Waals surface area contributed by atoms with E-state index >= 15 is 0 Å². The van der Waals surface area contributed by atoms with Crippen molar-refractivity contribution in [2.45, 2.75) is 38.1 Å². The van der Waals surface area contributed by atoms with Gasteiger partial charge in [0.15, 0.2) is 0 Å². The molecule has 3 aliphatic rings. The molecule has 0 aromatic heterocycles. The van der Waals surface area contributed by atoms with Gasteiger partial charge < -0.3 is 4.90 Å². The molecule has 3 aliphatic heterocycles. The third-order valence-corrected chi connectivity index (χ3v) is 4.43. The predicted molar refractivity (Wildman–Crippen MR) is 58.6 cm³/mol. The minimum atomic E-state index is -0.0794. The van der Waals surface area contributed by atoms with Crippen LogP contribution in [0.3, 0.4) is 0 Å². The molecule has 3 saturated heterocycles. The monoisotopic (exact) mass is 222 g/mol. The molecule has 0 spiro atoms. The van der Waals surface area contributed by atoms with Gasteiger partial charge in [0.25, 0.3) is 0 Å². The van der Waals surface area contributed by atoms with Crippen molar-refractivity contribution in [2.24, 2.45) is 11.8 Å². The minimum Gasteiger partial charge on any atom is -0.300 e. The van der Waals surface area contributed by atoms with Crippen LogP contribution in [-0.4, -0.2) is 35.8 Å². The van der Waals surface area contributed by atoms with Crippen LogP contribution in [0, 0.1) is 11.8 Å². The molecule has 0 saturated carbocycles. The SMILES string of the molecule is O=C1CC(C2CCN3CCCCC23)C(=O)N1. The summed E-state index contributed by atoms with van der Waals surface area (Å²) in [5, 5.41) is 2.44. The zero-order chi connectivity index (χ0) is 11.1. The lowest BCUT2D eigenvalue weighted by Gasteiger charge is -2.33. The van der Waals surface area contributed by atoms with Crippen molar-refractivity contribution in [3.8, 4) is 0 Å². The van der Waals surface area contributed by atoms with Gasteiger partial charge in [-0.3, -0.25) is 14.9 Å². The van der Waals surface area contributed by atoms with Crippen LogP contribution < -0.4 is 5.32 Å². The first-order valence-electron chi connectivity index (χ1n) is 6.33. The lowest BCUT2D eigenvalue weighted by molar-refractivity contribution is -0.126. The topological polar surface area (TPSA) is 49.4 Å². The summed E-state index contributed by atoms with van der Waals surface area (Å²) in [7, 11) is 0. The fraction of sp³-hybridized carbons (Fsp3) is 0.833. The maximum Gasteiger partial charge on any atom is 0.230 e. The standard InChI is InChI=1S/C12H18N2O2/c15-11-7-9(12(16)13-11)8-4-6-14-5-2-1-3-10(8)14/h8-10H,1-7H2,(H,13,15,16). The van der Waals surface area contributed by atoms with Crippen LogP contribution in [-0.2, 0) is 9.59 Å². The Labute approximate surface area is 95.4 Å². The molecule has 3 fully saturated rings. The van der Waals surface area contributed by atoms with Crippen molar-refractivity contribution in [1.29, 1.82) is 0 Å². The van der Waals surface area contributed by atoms with Crippen LogP contribution in [0.1, 0.15) is 32.1 Å².